The summed E-state index contributed by atoms with van der Waals surface area (Å²) in [6, 6.07) is -0.121. The first-order chi connectivity index (χ1) is 12.3. The van der Waals surface area contributed by atoms with E-state index in [9.17, 15) is 13.2 Å². The highest BCUT2D eigenvalue weighted by Crippen LogP contribution is 2.30. The van der Waals surface area contributed by atoms with Crippen molar-refractivity contribution in [3.63, 3.8) is 0 Å². The minimum atomic E-state index is -3.48. The number of carbonyl (C=O) groups excluding carboxylic acids is 1. The lowest BCUT2D eigenvalue weighted by molar-refractivity contribution is 0.0587. The summed E-state index contributed by atoms with van der Waals surface area (Å²) in [5.74, 6) is 0.505. The van der Waals surface area contributed by atoms with Crippen LogP contribution in [0, 0.1) is 5.92 Å². The predicted octanol–water partition coefficient (Wildman–Crippen LogP) is 0.251. The highest BCUT2D eigenvalue weighted by Gasteiger charge is 2.41. The van der Waals surface area contributed by atoms with Crippen LogP contribution in [0.4, 0.5) is 5.95 Å². The number of amides is 1. The molecule has 0 aromatic carbocycles. The van der Waals surface area contributed by atoms with Gasteiger partial charge in [0, 0.05) is 58.7 Å². The maximum absolute atomic E-state index is 12.9. The quantitative estimate of drug-likeness (QED) is 0.784. The molecule has 0 saturated carbocycles. The molecule has 3 aliphatic rings. The number of aromatic nitrogens is 2. The molecule has 1 N–H and O–H groups in total. The molecule has 3 aliphatic heterocycles. The van der Waals surface area contributed by atoms with Gasteiger partial charge in [-0.05, 0) is 25.7 Å². The van der Waals surface area contributed by atoms with Crippen molar-refractivity contribution in [1.29, 1.82) is 0 Å². The van der Waals surface area contributed by atoms with Gasteiger partial charge in [0.2, 0.25) is 5.95 Å². The zero-order valence-corrected chi connectivity index (χ0v) is 16.2. The minimum absolute atomic E-state index is 0.121. The summed E-state index contributed by atoms with van der Waals surface area (Å²) in [6.45, 7) is 4.01. The molecule has 2 bridgehead atoms. The van der Waals surface area contributed by atoms with Crippen LogP contribution in [0.15, 0.2) is 12.4 Å². The molecule has 4 heterocycles. The van der Waals surface area contributed by atoms with Crippen molar-refractivity contribution in [2.45, 2.75) is 25.8 Å². The second-order valence-corrected chi connectivity index (χ2v) is 9.13. The van der Waals surface area contributed by atoms with Crippen LogP contribution < -0.4 is 5.32 Å². The molecule has 0 unspecified atom stereocenters. The van der Waals surface area contributed by atoms with E-state index >= 15 is 0 Å². The molecule has 9 nitrogen and oxygen atoms in total. The summed E-state index contributed by atoms with van der Waals surface area (Å²) in [5.41, 5.74) is 0.432. The number of hydrogen-bond donors (Lipinski definition) is 1. The SMILES string of the molecule is CCNc1ncc(C(=O)N2C[C@@H]3CC[C@H]2CN(S(=O)(=O)N(C)C)C3)cn1. The Labute approximate surface area is 154 Å². The number of nitrogens with one attached hydrogen (secondary N) is 1. The predicted molar refractivity (Wildman–Crippen MR) is 97.9 cm³/mol. The molecular weight excluding hydrogens is 356 g/mol. The van der Waals surface area contributed by atoms with Crippen molar-refractivity contribution < 1.29 is 13.2 Å². The Hall–Kier alpha value is -1.78. The summed E-state index contributed by atoms with van der Waals surface area (Å²) in [5, 5.41) is 3.00. The van der Waals surface area contributed by atoms with E-state index in [0.29, 0.717) is 37.7 Å². The third kappa shape index (κ3) is 3.67. The van der Waals surface area contributed by atoms with Crippen LogP contribution in [0.25, 0.3) is 0 Å². The van der Waals surface area contributed by atoms with Gasteiger partial charge in [-0.1, -0.05) is 0 Å². The number of rotatable bonds is 5. The van der Waals surface area contributed by atoms with Crippen molar-refractivity contribution in [3.8, 4) is 0 Å². The summed E-state index contributed by atoms with van der Waals surface area (Å²) >= 11 is 0. The number of nitrogens with zero attached hydrogens (tertiary/aromatic N) is 5. The molecule has 1 aromatic heterocycles. The zero-order valence-electron chi connectivity index (χ0n) is 15.4. The van der Waals surface area contributed by atoms with Crippen LogP contribution in [0.1, 0.15) is 30.1 Å². The lowest BCUT2D eigenvalue weighted by Gasteiger charge is -2.36. The van der Waals surface area contributed by atoms with Gasteiger partial charge in [0.25, 0.3) is 16.1 Å². The van der Waals surface area contributed by atoms with Crippen molar-refractivity contribution in [3.05, 3.63) is 18.0 Å². The van der Waals surface area contributed by atoms with E-state index in [1.807, 2.05) is 6.92 Å². The maximum atomic E-state index is 12.9. The number of piperidine rings is 1. The molecule has 0 spiro atoms. The highest BCUT2D eigenvalue weighted by atomic mass is 32.2. The zero-order chi connectivity index (χ0) is 18.9. The Bertz CT molecular complexity index is 752. The van der Waals surface area contributed by atoms with Gasteiger partial charge in [-0.15, -0.1) is 0 Å². The fourth-order valence-electron chi connectivity index (χ4n) is 3.56. The minimum Gasteiger partial charge on any atom is -0.355 e. The van der Waals surface area contributed by atoms with Crippen LogP contribution in [0.2, 0.25) is 0 Å². The molecule has 10 heteroatoms. The summed E-state index contributed by atoms with van der Waals surface area (Å²) in [4.78, 5) is 23.1. The second-order valence-electron chi connectivity index (χ2n) is 6.99. The van der Waals surface area contributed by atoms with E-state index in [-0.39, 0.29) is 17.9 Å². The van der Waals surface area contributed by atoms with E-state index in [0.717, 1.165) is 12.8 Å². The number of carbonyl (C=O) groups is 1. The van der Waals surface area contributed by atoms with Crippen molar-refractivity contribution in [1.82, 2.24) is 23.5 Å². The summed E-state index contributed by atoms with van der Waals surface area (Å²) < 4.78 is 27.8. The van der Waals surface area contributed by atoms with E-state index in [1.165, 1.54) is 35.1 Å². The molecule has 1 amide bonds. The van der Waals surface area contributed by atoms with E-state index < -0.39 is 10.2 Å². The lowest BCUT2D eigenvalue weighted by atomic mass is 9.94. The van der Waals surface area contributed by atoms with Crippen LogP contribution in [-0.4, -0.2) is 84.1 Å². The normalized spacial score (nSPS) is 23.9. The van der Waals surface area contributed by atoms with Gasteiger partial charge >= 0.3 is 0 Å². The van der Waals surface area contributed by atoms with Crippen LogP contribution in [0.3, 0.4) is 0 Å². The molecule has 144 valence electrons. The number of anilines is 1. The van der Waals surface area contributed by atoms with Crippen LogP contribution in [0.5, 0.6) is 0 Å². The summed E-state index contributed by atoms with van der Waals surface area (Å²) in [6.07, 6.45) is 4.80. The number of fused-ring (bicyclic) bond motifs is 4. The average molecular weight is 382 g/mol. The van der Waals surface area contributed by atoms with E-state index in [4.69, 9.17) is 0 Å². The van der Waals surface area contributed by atoms with Crippen LogP contribution >= 0.6 is 0 Å². The highest BCUT2D eigenvalue weighted by molar-refractivity contribution is 7.86. The standard InChI is InChI=1S/C16H26N6O3S/c1-4-17-16-18-7-13(8-19-16)15(23)22-10-12-5-6-14(22)11-21(9-12)26(24,25)20(2)3/h7-8,12,14H,4-6,9-11H2,1-3H3,(H,17,18,19)/t12-,14+/m1/s1. The molecule has 4 rings (SSSR count). The summed E-state index contributed by atoms with van der Waals surface area (Å²) in [7, 11) is -0.407. The largest absolute Gasteiger partial charge is 0.355 e. The van der Waals surface area contributed by atoms with Crippen LogP contribution in [-0.2, 0) is 10.2 Å². The van der Waals surface area contributed by atoms with Gasteiger partial charge in [-0.2, -0.15) is 17.0 Å². The van der Waals surface area contributed by atoms with Gasteiger partial charge in [0.1, 0.15) is 0 Å². The molecule has 3 saturated heterocycles. The second kappa shape index (κ2) is 7.45. The number of hydrogen-bond acceptors (Lipinski definition) is 6. The first-order valence-electron chi connectivity index (χ1n) is 8.87. The fraction of sp³-hybridized carbons (Fsp3) is 0.688. The smallest absolute Gasteiger partial charge is 0.281 e. The molecular formula is C16H26N6O3S. The first-order valence-corrected chi connectivity index (χ1v) is 10.3. The molecule has 2 atom stereocenters. The fourth-order valence-corrected chi connectivity index (χ4v) is 4.78. The molecule has 1 aromatic rings. The Balaban J connectivity index is 1.78. The first kappa shape index (κ1) is 19.0. The third-order valence-electron chi connectivity index (χ3n) is 4.96. The lowest BCUT2D eigenvalue weighted by Crippen LogP contribution is -2.48. The van der Waals surface area contributed by atoms with Crippen molar-refractivity contribution in [2.24, 2.45) is 5.92 Å². The van der Waals surface area contributed by atoms with Crippen molar-refractivity contribution >= 4 is 22.1 Å². The Morgan fingerprint density at radius 2 is 1.92 bits per heavy atom. The molecule has 0 aliphatic carbocycles. The topological polar surface area (TPSA) is 98.7 Å². The third-order valence-corrected chi connectivity index (χ3v) is 6.84. The van der Waals surface area contributed by atoms with Crippen molar-refractivity contribution in [2.75, 3.05) is 45.6 Å². The maximum Gasteiger partial charge on any atom is 0.281 e. The Morgan fingerprint density at radius 3 is 2.54 bits per heavy atom. The average Bonchev–Trinajstić information content (AvgIpc) is 2.94. The Kier molecular flexibility index (Phi) is 5.44. The van der Waals surface area contributed by atoms with Gasteiger partial charge in [0.15, 0.2) is 0 Å². The monoisotopic (exact) mass is 382 g/mol. The van der Waals surface area contributed by atoms with Gasteiger partial charge in [0.05, 0.1) is 5.56 Å². The molecule has 3 fully saturated rings. The van der Waals surface area contributed by atoms with Gasteiger partial charge in [-0.25, -0.2) is 9.97 Å². The molecule has 0 radical (unpaired) electrons. The Morgan fingerprint density at radius 1 is 1.23 bits per heavy atom. The van der Waals surface area contributed by atoms with E-state index in [2.05, 4.69) is 15.3 Å². The van der Waals surface area contributed by atoms with Gasteiger partial charge in [-0.3, -0.25) is 4.79 Å². The van der Waals surface area contributed by atoms with Gasteiger partial charge < -0.3 is 10.2 Å². The van der Waals surface area contributed by atoms with E-state index in [1.54, 1.807) is 4.90 Å². The molecule has 26 heavy (non-hydrogen) atoms.